The fraction of sp³-hybridized carbons (Fsp3) is 0.400. The maximum Gasteiger partial charge on any atom is 0.265 e. The molecule has 0 saturated heterocycles. The highest BCUT2D eigenvalue weighted by molar-refractivity contribution is 7.93. The van der Waals surface area contributed by atoms with Crippen LogP contribution in [0.1, 0.15) is 52.5 Å². The van der Waals surface area contributed by atoms with Crippen molar-refractivity contribution in [2.24, 2.45) is 0 Å². The number of carbonyl (C=O) groups is 2. The number of benzene rings is 3. The molecule has 0 radical (unpaired) electrons. The van der Waals surface area contributed by atoms with E-state index in [1.54, 1.807) is 30.2 Å². The van der Waals surface area contributed by atoms with Crippen LogP contribution in [0, 0.1) is 0 Å². The topological polar surface area (TPSA) is 96.0 Å². The largest absolute Gasteiger partial charge is 0.497 e. The van der Waals surface area contributed by atoms with Crippen LogP contribution in [0.5, 0.6) is 5.75 Å². The van der Waals surface area contributed by atoms with Crippen molar-refractivity contribution in [3.63, 3.8) is 0 Å². The quantitative estimate of drug-likeness (QED) is 0.388. The molecule has 3 aromatic rings. The van der Waals surface area contributed by atoms with Crippen molar-refractivity contribution < 1.29 is 22.7 Å². The van der Waals surface area contributed by atoms with Crippen molar-refractivity contribution in [3.05, 3.63) is 66.2 Å². The van der Waals surface area contributed by atoms with E-state index in [0.29, 0.717) is 29.2 Å². The van der Waals surface area contributed by atoms with Gasteiger partial charge in [-0.25, -0.2) is 8.42 Å². The number of sulfonamides is 1. The standard InChI is InChI=1S/C30H37N3O5S/c1-6-24(29(35)31-30(2,3)4)32(20-21-11-7-14-23(19-21)38-5)27(34)17-10-18-33-25-15-8-12-22-13-9-16-26(28(22)25)39(33,36)37/h7-9,11-16,19,24H,6,10,17-18,20H2,1-5H3,(H,31,35). The smallest absolute Gasteiger partial charge is 0.265 e. The Balaban J connectivity index is 1.54. The molecule has 1 aliphatic heterocycles. The zero-order valence-corrected chi connectivity index (χ0v) is 24.0. The Kier molecular flexibility index (Phi) is 8.20. The minimum Gasteiger partial charge on any atom is -0.497 e. The molecule has 0 spiro atoms. The van der Waals surface area contributed by atoms with Crippen molar-refractivity contribution >= 4 is 38.3 Å². The number of anilines is 1. The van der Waals surface area contributed by atoms with Crippen LogP contribution in [0.3, 0.4) is 0 Å². The number of amides is 2. The van der Waals surface area contributed by atoms with Crippen molar-refractivity contribution in [2.45, 2.75) is 70.0 Å². The highest BCUT2D eigenvalue weighted by Gasteiger charge is 2.36. The summed E-state index contributed by atoms with van der Waals surface area (Å²) in [7, 11) is -2.12. The van der Waals surface area contributed by atoms with Crippen LogP contribution in [0.25, 0.3) is 10.8 Å². The molecule has 208 valence electrons. The van der Waals surface area contributed by atoms with Gasteiger partial charge in [0.15, 0.2) is 0 Å². The number of nitrogens with one attached hydrogen (secondary N) is 1. The van der Waals surface area contributed by atoms with E-state index in [2.05, 4.69) is 5.32 Å². The Morgan fingerprint density at radius 3 is 2.41 bits per heavy atom. The second-order valence-corrected chi connectivity index (χ2v) is 12.7. The average molecular weight is 552 g/mol. The lowest BCUT2D eigenvalue weighted by molar-refractivity contribution is -0.142. The van der Waals surface area contributed by atoms with E-state index >= 15 is 0 Å². The van der Waals surface area contributed by atoms with Gasteiger partial charge in [0.05, 0.1) is 17.7 Å². The summed E-state index contributed by atoms with van der Waals surface area (Å²) in [5, 5.41) is 4.59. The molecule has 39 heavy (non-hydrogen) atoms. The number of methoxy groups -OCH3 is 1. The van der Waals surface area contributed by atoms with Gasteiger partial charge in [-0.15, -0.1) is 0 Å². The molecule has 0 aromatic heterocycles. The number of carbonyl (C=O) groups excluding carboxylic acids is 2. The third kappa shape index (κ3) is 6.03. The maximum atomic E-state index is 13.7. The van der Waals surface area contributed by atoms with Crippen LogP contribution in [-0.4, -0.2) is 50.4 Å². The van der Waals surface area contributed by atoms with Crippen molar-refractivity contribution in [1.29, 1.82) is 0 Å². The maximum absolute atomic E-state index is 13.7. The molecule has 1 heterocycles. The highest BCUT2D eigenvalue weighted by Crippen LogP contribution is 2.42. The molecule has 0 bridgehead atoms. The van der Waals surface area contributed by atoms with Crippen molar-refractivity contribution in [3.8, 4) is 5.75 Å². The van der Waals surface area contributed by atoms with E-state index in [4.69, 9.17) is 4.74 Å². The van der Waals surface area contributed by atoms with Gasteiger partial charge in [-0.2, -0.15) is 0 Å². The monoisotopic (exact) mass is 551 g/mol. The highest BCUT2D eigenvalue weighted by atomic mass is 32.2. The number of nitrogens with zero attached hydrogens (tertiary/aromatic N) is 2. The van der Waals surface area contributed by atoms with Gasteiger partial charge < -0.3 is 15.0 Å². The minimum atomic E-state index is -3.70. The lowest BCUT2D eigenvalue weighted by atomic mass is 10.0. The molecule has 1 aliphatic rings. The molecule has 1 N–H and O–H groups in total. The van der Waals surface area contributed by atoms with Gasteiger partial charge in [-0.3, -0.25) is 13.9 Å². The van der Waals surface area contributed by atoms with Gasteiger partial charge in [-0.1, -0.05) is 43.3 Å². The molecule has 4 rings (SSSR count). The Bertz CT molecular complexity index is 1470. The first-order valence-corrected chi connectivity index (χ1v) is 14.7. The van der Waals surface area contributed by atoms with E-state index in [-0.39, 0.29) is 31.3 Å². The summed E-state index contributed by atoms with van der Waals surface area (Å²) < 4.78 is 33.4. The molecule has 1 atom stereocenters. The zero-order valence-electron chi connectivity index (χ0n) is 23.2. The Morgan fingerprint density at radius 2 is 1.74 bits per heavy atom. The van der Waals surface area contributed by atoms with Gasteiger partial charge in [0.2, 0.25) is 11.8 Å². The van der Waals surface area contributed by atoms with Gasteiger partial charge in [0.1, 0.15) is 11.8 Å². The summed E-state index contributed by atoms with van der Waals surface area (Å²) in [5.74, 6) is 0.242. The second-order valence-electron chi connectivity index (χ2n) is 10.8. The fourth-order valence-electron chi connectivity index (χ4n) is 5.06. The van der Waals surface area contributed by atoms with E-state index in [1.807, 2.05) is 70.2 Å². The Morgan fingerprint density at radius 1 is 1.05 bits per heavy atom. The van der Waals surface area contributed by atoms with E-state index in [9.17, 15) is 18.0 Å². The first-order valence-electron chi connectivity index (χ1n) is 13.2. The molecular weight excluding hydrogens is 514 g/mol. The number of ether oxygens (including phenoxy) is 1. The molecule has 0 saturated carbocycles. The first kappa shape index (κ1) is 28.4. The fourth-order valence-corrected chi connectivity index (χ4v) is 6.81. The molecule has 3 aromatic carbocycles. The van der Waals surface area contributed by atoms with Gasteiger partial charge in [0, 0.05) is 30.4 Å². The molecule has 9 heteroatoms. The van der Waals surface area contributed by atoms with Gasteiger partial charge in [0.25, 0.3) is 10.0 Å². The number of hydrogen-bond acceptors (Lipinski definition) is 5. The molecule has 8 nitrogen and oxygen atoms in total. The van der Waals surface area contributed by atoms with Gasteiger partial charge >= 0.3 is 0 Å². The van der Waals surface area contributed by atoms with Crippen LogP contribution in [0.2, 0.25) is 0 Å². The van der Waals surface area contributed by atoms with Crippen LogP contribution in [0.4, 0.5) is 5.69 Å². The summed E-state index contributed by atoms with van der Waals surface area (Å²) in [6, 6.07) is 17.6. The third-order valence-electron chi connectivity index (χ3n) is 6.80. The van der Waals surface area contributed by atoms with Gasteiger partial charge in [-0.05, 0) is 68.8 Å². The number of rotatable bonds is 10. The lowest BCUT2D eigenvalue weighted by Crippen LogP contribution is -2.53. The SMILES string of the molecule is CCC(C(=O)NC(C)(C)C)N(Cc1cccc(OC)c1)C(=O)CCCN1c2cccc3cccc(c23)S1(=O)=O. The summed E-state index contributed by atoms with van der Waals surface area (Å²) in [5.41, 5.74) is 1.03. The molecule has 0 aliphatic carbocycles. The van der Waals surface area contributed by atoms with Crippen LogP contribution in [0.15, 0.2) is 65.6 Å². The molecule has 1 unspecified atom stereocenters. The Labute approximate surface area is 231 Å². The number of hydrogen-bond donors (Lipinski definition) is 1. The molecule has 0 fully saturated rings. The first-order chi connectivity index (χ1) is 18.5. The Hall–Kier alpha value is -3.59. The normalized spacial score (nSPS) is 14.7. The van der Waals surface area contributed by atoms with Crippen LogP contribution >= 0.6 is 0 Å². The molecule has 2 amide bonds. The summed E-state index contributed by atoms with van der Waals surface area (Å²) >= 11 is 0. The minimum absolute atomic E-state index is 0.0988. The lowest BCUT2D eigenvalue weighted by Gasteiger charge is -2.33. The summed E-state index contributed by atoms with van der Waals surface area (Å²) in [6.45, 7) is 7.99. The van der Waals surface area contributed by atoms with E-state index in [1.165, 1.54) is 4.31 Å². The summed E-state index contributed by atoms with van der Waals surface area (Å²) in [4.78, 5) is 28.8. The van der Waals surface area contributed by atoms with Crippen LogP contribution < -0.4 is 14.4 Å². The molecular formula is C30H37N3O5S. The van der Waals surface area contributed by atoms with Crippen LogP contribution in [-0.2, 0) is 26.2 Å². The predicted octanol–water partition coefficient (Wildman–Crippen LogP) is 4.86. The summed E-state index contributed by atoms with van der Waals surface area (Å²) in [6.07, 6.45) is 0.853. The predicted molar refractivity (Wildman–Crippen MR) is 153 cm³/mol. The van der Waals surface area contributed by atoms with Crippen molar-refractivity contribution in [1.82, 2.24) is 10.2 Å². The third-order valence-corrected chi connectivity index (χ3v) is 8.66. The van der Waals surface area contributed by atoms with E-state index in [0.717, 1.165) is 16.3 Å². The average Bonchev–Trinajstić information content (AvgIpc) is 3.10. The van der Waals surface area contributed by atoms with Crippen molar-refractivity contribution in [2.75, 3.05) is 18.0 Å². The zero-order chi connectivity index (χ0) is 28.4. The van der Waals surface area contributed by atoms with E-state index < -0.39 is 21.6 Å². The second kappa shape index (κ2) is 11.3.